The fraction of sp³-hybridized carbons (Fsp3) is 0.238. The minimum absolute atomic E-state index is 0.151. The highest BCUT2D eigenvalue weighted by Gasteiger charge is 2.33. The van der Waals surface area contributed by atoms with Gasteiger partial charge in [-0.2, -0.15) is 18.3 Å². The molecule has 2 heterocycles. The third-order valence-electron chi connectivity index (χ3n) is 4.35. The lowest BCUT2D eigenvalue weighted by molar-refractivity contribution is -0.141. The van der Waals surface area contributed by atoms with Gasteiger partial charge < -0.3 is 10.1 Å². The number of aromatic nitrogens is 3. The predicted molar refractivity (Wildman–Crippen MR) is 105 cm³/mol. The number of hydrogen-bond acceptors (Lipinski definition) is 5. The van der Waals surface area contributed by atoms with Gasteiger partial charge in [0, 0.05) is 12.7 Å². The number of amides is 1. The largest absolute Gasteiger partial charge is 0.462 e. The van der Waals surface area contributed by atoms with Crippen LogP contribution in [-0.4, -0.2) is 33.2 Å². The van der Waals surface area contributed by atoms with Crippen LogP contribution in [0.3, 0.4) is 0 Å². The van der Waals surface area contributed by atoms with Gasteiger partial charge in [0.25, 0.3) is 5.91 Å². The number of pyridine rings is 1. The van der Waals surface area contributed by atoms with Crippen molar-refractivity contribution in [1.82, 2.24) is 20.1 Å². The van der Waals surface area contributed by atoms with Crippen molar-refractivity contribution in [2.75, 3.05) is 6.61 Å². The van der Waals surface area contributed by atoms with E-state index in [1.807, 2.05) is 0 Å². The van der Waals surface area contributed by atoms with E-state index in [4.69, 9.17) is 4.74 Å². The Kier molecular flexibility index (Phi) is 6.38. The van der Waals surface area contributed by atoms with Gasteiger partial charge in [-0.05, 0) is 49.7 Å². The number of carbonyl (C=O) groups is 2. The molecule has 3 aromatic rings. The lowest BCUT2D eigenvalue weighted by atomic mass is 10.1. The number of nitrogens with one attached hydrogen (secondary N) is 1. The van der Waals surface area contributed by atoms with Crippen molar-refractivity contribution in [1.29, 1.82) is 0 Å². The molecule has 0 saturated carbocycles. The van der Waals surface area contributed by atoms with Crippen LogP contribution >= 0.6 is 0 Å². The third-order valence-corrected chi connectivity index (χ3v) is 4.35. The topological polar surface area (TPSA) is 86.1 Å². The highest BCUT2D eigenvalue weighted by molar-refractivity contribution is 5.95. The lowest BCUT2D eigenvalue weighted by Gasteiger charge is -2.09. The highest BCUT2D eigenvalue weighted by Crippen LogP contribution is 2.27. The van der Waals surface area contributed by atoms with Gasteiger partial charge in [0.05, 0.1) is 23.6 Å². The minimum Gasteiger partial charge on any atom is -0.462 e. The maximum absolute atomic E-state index is 12.7. The lowest BCUT2D eigenvalue weighted by Crippen LogP contribution is -2.24. The molecule has 0 aliphatic heterocycles. The Morgan fingerprint density at radius 1 is 1.10 bits per heavy atom. The standard InChI is InChI=1S/C21H19F3N4O3/c1-3-31-20(30)16-8-9-17(26-13(16)2)19(29)25-12-14-4-6-15(7-5-14)28-11-10-18(27-28)21(22,23)24/h4-11H,3,12H2,1-2H3,(H,25,29). The number of aryl methyl sites for hydroxylation is 1. The summed E-state index contributed by atoms with van der Waals surface area (Å²) in [6.07, 6.45) is -3.27. The molecule has 0 unspecified atom stereocenters. The summed E-state index contributed by atoms with van der Waals surface area (Å²) in [7, 11) is 0. The van der Waals surface area contributed by atoms with Crippen molar-refractivity contribution < 1.29 is 27.5 Å². The summed E-state index contributed by atoms with van der Waals surface area (Å²) in [4.78, 5) is 28.3. The number of halogens is 3. The van der Waals surface area contributed by atoms with Crippen molar-refractivity contribution in [3.8, 4) is 5.69 Å². The van der Waals surface area contributed by atoms with Gasteiger partial charge >= 0.3 is 12.1 Å². The molecule has 0 radical (unpaired) electrons. The molecule has 0 bridgehead atoms. The van der Waals surface area contributed by atoms with Crippen LogP contribution in [0.2, 0.25) is 0 Å². The first-order valence-electron chi connectivity index (χ1n) is 9.34. The molecule has 2 aromatic heterocycles. The van der Waals surface area contributed by atoms with E-state index >= 15 is 0 Å². The quantitative estimate of drug-likeness (QED) is 0.601. The maximum atomic E-state index is 12.7. The van der Waals surface area contributed by atoms with E-state index in [2.05, 4.69) is 15.4 Å². The van der Waals surface area contributed by atoms with Crippen LogP contribution in [0.15, 0.2) is 48.7 Å². The molecular formula is C21H19F3N4O3. The van der Waals surface area contributed by atoms with Gasteiger partial charge in [0.2, 0.25) is 0 Å². The molecular weight excluding hydrogens is 413 g/mol. The average Bonchev–Trinajstić information content (AvgIpc) is 3.23. The average molecular weight is 432 g/mol. The zero-order valence-corrected chi connectivity index (χ0v) is 16.7. The molecule has 0 fully saturated rings. The fourth-order valence-corrected chi connectivity index (χ4v) is 2.77. The van der Waals surface area contributed by atoms with Crippen molar-refractivity contribution in [3.63, 3.8) is 0 Å². The van der Waals surface area contributed by atoms with Gasteiger partial charge in [0.15, 0.2) is 5.69 Å². The van der Waals surface area contributed by atoms with E-state index < -0.39 is 23.7 Å². The Hall–Kier alpha value is -3.69. The van der Waals surface area contributed by atoms with E-state index in [1.54, 1.807) is 38.1 Å². The molecule has 1 aromatic carbocycles. The minimum atomic E-state index is -4.50. The Morgan fingerprint density at radius 3 is 2.39 bits per heavy atom. The number of rotatable bonds is 6. The first kappa shape index (κ1) is 22.0. The molecule has 162 valence electrons. The van der Waals surface area contributed by atoms with Gasteiger partial charge in [-0.1, -0.05) is 12.1 Å². The summed E-state index contributed by atoms with van der Waals surface area (Å²) < 4.78 is 44.1. The van der Waals surface area contributed by atoms with Crippen molar-refractivity contribution in [3.05, 3.63) is 76.9 Å². The Bertz CT molecular complexity index is 1090. The second-order valence-electron chi connectivity index (χ2n) is 6.54. The SMILES string of the molecule is CCOC(=O)c1ccc(C(=O)NCc2ccc(-n3ccc(C(F)(F)F)n3)cc2)nc1C. The Labute approximate surface area is 175 Å². The number of alkyl halides is 3. The van der Waals surface area contributed by atoms with Crippen LogP contribution in [0.4, 0.5) is 13.2 Å². The van der Waals surface area contributed by atoms with Crippen LogP contribution < -0.4 is 5.32 Å². The number of benzene rings is 1. The first-order chi connectivity index (χ1) is 14.7. The molecule has 0 atom stereocenters. The number of ether oxygens (including phenoxy) is 1. The molecule has 7 nitrogen and oxygen atoms in total. The van der Waals surface area contributed by atoms with E-state index in [1.165, 1.54) is 18.3 Å². The van der Waals surface area contributed by atoms with E-state index in [9.17, 15) is 22.8 Å². The second-order valence-corrected chi connectivity index (χ2v) is 6.54. The van der Waals surface area contributed by atoms with E-state index in [0.29, 0.717) is 16.9 Å². The van der Waals surface area contributed by atoms with Crippen LogP contribution in [0.25, 0.3) is 5.69 Å². The Morgan fingerprint density at radius 2 is 1.81 bits per heavy atom. The highest BCUT2D eigenvalue weighted by atomic mass is 19.4. The molecule has 1 amide bonds. The molecule has 3 rings (SSSR count). The van der Waals surface area contributed by atoms with Crippen molar-refractivity contribution in [2.24, 2.45) is 0 Å². The molecule has 1 N–H and O–H groups in total. The summed E-state index contributed by atoms with van der Waals surface area (Å²) in [5.41, 5.74) is 1.05. The van der Waals surface area contributed by atoms with Crippen LogP contribution in [-0.2, 0) is 17.5 Å². The zero-order chi connectivity index (χ0) is 22.6. The number of esters is 1. The van der Waals surface area contributed by atoms with E-state index in [-0.39, 0.29) is 18.8 Å². The van der Waals surface area contributed by atoms with Crippen molar-refractivity contribution >= 4 is 11.9 Å². The van der Waals surface area contributed by atoms with Crippen LogP contribution in [0, 0.1) is 6.92 Å². The molecule has 0 saturated heterocycles. The summed E-state index contributed by atoms with van der Waals surface area (Å²) in [6.45, 7) is 3.74. The molecule has 10 heteroatoms. The summed E-state index contributed by atoms with van der Waals surface area (Å²) in [5, 5.41) is 6.23. The van der Waals surface area contributed by atoms with Crippen molar-refractivity contribution in [2.45, 2.75) is 26.6 Å². The first-order valence-corrected chi connectivity index (χ1v) is 9.34. The molecule has 0 aliphatic rings. The number of hydrogen-bond donors (Lipinski definition) is 1. The summed E-state index contributed by atoms with van der Waals surface area (Å²) in [6, 6.07) is 10.4. The van der Waals surface area contributed by atoms with Gasteiger partial charge in [-0.25, -0.2) is 14.5 Å². The molecule has 31 heavy (non-hydrogen) atoms. The monoisotopic (exact) mass is 432 g/mol. The van der Waals surface area contributed by atoms with Gasteiger partial charge in [-0.15, -0.1) is 0 Å². The zero-order valence-electron chi connectivity index (χ0n) is 16.7. The maximum Gasteiger partial charge on any atom is 0.435 e. The second kappa shape index (κ2) is 8.99. The predicted octanol–water partition coefficient (Wildman–Crippen LogP) is 3.70. The van der Waals surface area contributed by atoms with E-state index in [0.717, 1.165) is 16.3 Å². The summed E-state index contributed by atoms with van der Waals surface area (Å²) in [5.74, 6) is -0.927. The van der Waals surface area contributed by atoms with Crippen LogP contribution in [0.1, 0.15) is 44.7 Å². The fourth-order valence-electron chi connectivity index (χ4n) is 2.77. The Balaban J connectivity index is 1.62. The smallest absolute Gasteiger partial charge is 0.435 e. The van der Waals surface area contributed by atoms with Gasteiger partial charge in [0.1, 0.15) is 5.69 Å². The normalized spacial score (nSPS) is 11.3. The number of carbonyl (C=O) groups excluding carboxylic acids is 2. The third kappa shape index (κ3) is 5.27. The summed E-state index contributed by atoms with van der Waals surface area (Å²) >= 11 is 0. The molecule has 0 spiro atoms. The number of nitrogens with zero attached hydrogens (tertiary/aromatic N) is 3. The van der Waals surface area contributed by atoms with Crippen LogP contribution in [0.5, 0.6) is 0 Å². The molecule has 0 aliphatic carbocycles. The van der Waals surface area contributed by atoms with Gasteiger partial charge in [-0.3, -0.25) is 4.79 Å².